The number of H-pyrrole nitrogens is 1. The summed E-state index contributed by atoms with van der Waals surface area (Å²) >= 11 is 0. The SMILES string of the molecule is CCC(=O)NC1CCC(CCC(C)C(=O)c2ccc(-c3cc4c(C#N)c[nH]c4cc3F)cc2)C1. The van der Waals surface area contributed by atoms with Gasteiger partial charge in [0.1, 0.15) is 11.9 Å². The zero-order valence-electron chi connectivity index (χ0n) is 19.7. The molecule has 6 heteroatoms. The molecule has 0 spiro atoms. The van der Waals surface area contributed by atoms with Gasteiger partial charge >= 0.3 is 0 Å². The van der Waals surface area contributed by atoms with Crippen molar-refractivity contribution in [2.45, 2.75) is 58.4 Å². The lowest BCUT2D eigenvalue weighted by Crippen LogP contribution is -2.32. The fourth-order valence-electron chi connectivity index (χ4n) is 4.97. The molecular weight excluding hydrogens is 429 g/mol. The molecule has 1 fully saturated rings. The predicted molar refractivity (Wildman–Crippen MR) is 131 cm³/mol. The lowest BCUT2D eigenvalue weighted by atomic mass is 9.90. The summed E-state index contributed by atoms with van der Waals surface area (Å²) in [6, 6.07) is 12.5. The molecule has 1 aliphatic carbocycles. The number of halogens is 1. The second kappa shape index (κ2) is 10.2. The molecule has 1 aliphatic rings. The van der Waals surface area contributed by atoms with Gasteiger partial charge in [0.2, 0.25) is 5.91 Å². The molecule has 1 amide bonds. The highest BCUT2D eigenvalue weighted by Crippen LogP contribution is 2.32. The van der Waals surface area contributed by atoms with Crippen LogP contribution >= 0.6 is 0 Å². The van der Waals surface area contributed by atoms with Crippen LogP contribution in [0.1, 0.15) is 68.3 Å². The van der Waals surface area contributed by atoms with Crippen molar-refractivity contribution >= 4 is 22.6 Å². The number of aromatic amines is 1. The molecule has 3 atom stereocenters. The average Bonchev–Trinajstić information content (AvgIpc) is 3.47. The smallest absolute Gasteiger partial charge is 0.219 e. The zero-order valence-corrected chi connectivity index (χ0v) is 19.7. The van der Waals surface area contributed by atoms with Gasteiger partial charge in [0.05, 0.1) is 5.56 Å². The van der Waals surface area contributed by atoms with Gasteiger partial charge in [-0.25, -0.2) is 4.39 Å². The quantitative estimate of drug-likeness (QED) is 0.397. The fourth-order valence-corrected chi connectivity index (χ4v) is 4.97. The Bertz CT molecular complexity index is 1240. The summed E-state index contributed by atoms with van der Waals surface area (Å²) in [4.78, 5) is 27.5. The number of nitrogens with one attached hydrogen (secondary N) is 2. The first-order chi connectivity index (χ1) is 16.4. The van der Waals surface area contributed by atoms with Crippen LogP contribution in [0.15, 0.2) is 42.6 Å². The number of carbonyl (C=O) groups excluding carboxylic acids is 2. The lowest BCUT2D eigenvalue weighted by molar-refractivity contribution is -0.121. The van der Waals surface area contributed by atoms with E-state index in [-0.39, 0.29) is 29.5 Å². The molecule has 34 heavy (non-hydrogen) atoms. The first kappa shape index (κ1) is 23.7. The first-order valence-electron chi connectivity index (χ1n) is 12.0. The van der Waals surface area contributed by atoms with Crippen LogP contribution in [0.25, 0.3) is 22.0 Å². The van der Waals surface area contributed by atoms with Gasteiger partial charge in [0.25, 0.3) is 0 Å². The van der Waals surface area contributed by atoms with Crippen molar-refractivity contribution in [1.82, 2.24) is 10.3 Å². The Morgan fingerprint density at radius 1 is 1.24 bits per heavy atom. The monoisotopic (exact) mass is 459 g/mol. The lowest BCUT2D eigenvalue weighted by Gasteiger charge is -2.15. The normalized spacial score (nSPS) is 18.5. The van der Waals surface area contributed by atoms with Crippen molar-refractivity contribution in [2.75, 3.05) is 0 Å². The second-order valence-electron chi connectivity index (χ2n) is 9.41. The zero-order chi connectivity index (χ0) is 24.2. The van der Waals surface area contributed by atoms with Crippen molar-refractivity contribution in [3.63, 3.8) is 0 Å². The van der Waals surface area contributed by atoms with E-state index in [0.717, 1.165) is 32.1 Å². The molecule has 1 heterocycles. The number of fused-ring (bicyclic) bond motifs is 1. The van der Waals surface area contributed by atoms with Gasteiger partial charge in [0, 0.05) is 46.6 Å². The highest BCUT2D eigenvalue weighted by atomic mass is 19.1. The van der Waals surface area contributed by atoms with Crippen molar-refractivity contribution in [1.29, 1.82) is 5.26 Å². The Kier molecular flexibility index (Phi) is 7.12. The van der Waals surface area contributed by atoms with E-state index in [1.54, 1.807) is 36.5 Å². The Morgan fingerprint density at radius 3 is 2.71 bits per heavy atom. The minimum Gasteiger partial charge on any atom is -0.360 e. The van der Waals surface area contributed by atoms with Crippen LogP contribution < -0.4 is 5.32 Å². The van der Waals surface area contributed by atoms with Crippen LogP contribution in [-0.2, 0) is 4.79 Å². The maximum Gasteiger partial charge on any atom is 0.219 e. The Morgan fingerprint density at radius 2 is 2.00 bits per heavy atom. The number of benzene rings is 2. The summed E-state index contributed by atoms with van der Waals surface area (Å²) in [5, 5.41) is 13.0. The summed E-state index contributed by atoms with van der Waals surface area (Å²) in [5.41, 5.74) is 2.75. The molecule has 3 aromatic rings. The molecule has 0 aliphatic heterocycles. The van der Waals surface area contributed by atoms with Crippen LogP contribution in [0.3, 0.4) is 0 Å². The van der Waals surface area contributed by atoms with E-state index in [1.807, 2.05) is 13.8 Å². The van der Waals surface area contributed by atoms with Crippen LogP contribution in [0, 0.1) is 29.0 Å². The minimum atomic E-state index is -0.378. The molecule has 5 nitrogen and oxygen atoms in total. The van der Waals surface area contributed by atoms with Crippen LogP contribution in [0.2, 0.25) is 0 Å². The van der Waals surface area contributed by atoms with Crippen molar-refractivity contribution in [2.24, 2.45) is 11.8 Å². The fraction of sp³-hybridized carbons (Fsp3) is 0.393. The van der Waals surface area contributed by atoms with E-state index in [9.17, 15) is 19.2 Å². The number of nitriles is 1. The molecular formula is C28H30FN3O2. The van der Waals surface area contributed by atoms with Gasteiger partial charge in [-0.3, -0.25) is 9.59 Å². The third-order valence-electron chi connectivity index (χ3n) is 7.05. The number of nitrogens with zero attached hydrogens (tertiary/aromatic N) is 1. The Hall–Kier alpha value is -3.46. The van der Waals surface area contributed by atoms with E-state index >= 15 is 0 Å². The van der Waals surface area contributed by atoms with Crippen LogP contribution in [0.4, 0.5) is 4.39 Å². The highest BCUT2D eigenvalue weighted by Gasteiger charge is 2.26. The van der Waals surface area contributed by atoms with E-state index in [1.165, 1.54) is 6.07 Å². The number of aromatic nitrogens is 1. The maximum absolute atomic E-state index is 14.7. The van der Waals surface area contributed by atoms with Gasteiger partial charge in [-0.15, -0.1) is 0 Å². The molecule has 0 bridgehead atoms. The molecule has 176 valence electrons. The van der Waals surface area contributed by atoms with Gasteiger partial charge < -0.3 is 10.3 Å². The largest absolute Gasteiger partial charge is 0.360 e. The summed E-state index contributed by atoms with van der Waals surface area (Å²) in [6.07, 6.45) is 6.98. The van der Waals surface area contributed by atoms with Crippen molar-refractivity contribution in [3.05, 3.63) is 59.5 Å². The number of carbonyl (C=O) groups is 2. The Labute approximate surface area is 199 Å². The number of rotatable bonds is 8. The van der Waals surface area contributed by atoms with Crippen molar-refractivity contribution in [3.8, 4) is 17.2 Å². The molecule has 4 rings (SSSR count). The third-order valence-corrected chi connectivity index (χ3v) is 7.05. The second-order valence-corrected chi connectivity index (χ2v) is 9.41. The van der Waals surface area contributed by atoms with Gasteiger partial charge in [-0.2, -0.15) is 5.26 Å². The first-order valence-corrected chi connectivity index (χ1v) is 12.0. The predicted octanol–water partition coefficient (Wildman–Crippen LogP) is 6.14. The van der Waals surface area contributed by atoms with Gasteiger partial charge in [0.15, 0.2) is 5.78 Å². The molecule has 2 aromatic carbocycles. The minimum absolute atomic E-state index is 0.0914. The van der Waals surface area contributed by atoms with E-state index in [2.05, 4.69) is 16.4 Å². The number of hydrogen-bond donors (Lipinski definition) is 2. The van der Waals surface area contributed by atoms with Crippen LogP contribution in [-0.4, -0.2) is 22.7 Å². The van der Waals surface area contributed by atoms with Crippen LogP contribution in [0.5, 0.6) is 0 Å². The Balaban J connectivity index is 1.38. The standard InChI is InChI=1S/C28H30FN3O2/c1-3-27(33)32-22-11-6-18(12-22)5-4-17(2)28(34)20-9-7-19(8-10-20)23-13-24-21(15-30)16-31-26(24)14-25(23)29/h7-10,13-14,16-18,22,31H,3-6,11-12H2,1-2H3,(H,32,33). The number of Topliss-reactive ketones (excluding diaryl/α,β-unsaturated/α-hetero) is 1. The number of amides is 1. The molecule has 0 radical (unpaired) electrons. The summed E-state index contributed by atoms with van der Waals surface area (Å²) < 4.78 is 14.7. The van der Waals surface area contributed by atoms with E-state index < -0.39 is 0 Å². The van der Waals surface area contributed by atoms with E-state index in [4.69, 9.17) is 0 Å². The summed E-state index contributed by atoms with van der Waals surface area (Å²) in [6.45, 7) is 3.83. The maximum atomic E-state index is 14.7. The van der Waals surface area contributed by atoms with Crippen molar-refractivity contribution < 1.29 is 14.0 Å². The topological polar surface area (TPSA) is 85.8 Å². The molecule has 0 saturated heterocycles. The average molecular weight is 460 g/mol. The van der Waals surface area contributed by atoms with E-state index in [0.29, 0.717) is 45.5 Å². The number of ketones is 1. The molecule has 1 saturated carbocycles. The third kappa shape index (κ3) is 5.04. The summed E-state index contributed by atoms with van der Waals surface area (Å²) in [7, 11) is 0. The van der Waals surface area contributed by atoms with Gasteiger partial charge in [-0.05, 0) is 55.7 Å². The molecule has 2 N–H and O–H groups in total. The summed E-state index contributed by atoms with van der Waals surface area (Å²) in [5.74, 6) is 0.270. The molecule has 1 aromatic heterocycles. The van der Waals surface area contributed by atoms with Gasteiger partial charge in [-0.1, -0.05) is 38.1 Å². The highest BCUT2D eigenvalue weighted by molar-refractivity contribution is 5.98. The molecule has 3 unspecified atom stereocenters. The number of hydrogen-bond acceptors (Lipinski definition) is 3.